The molecule has 4 nitrogen and oxygen atoms in total. The summed E-state index contributed by atoms with van der Waals surface area (Å²) in [4.78, 5) is 15.5. The van der Waals surface area contributed by atoms with E-state index in [2.05, 4.69) is 46.6 Å². The van der Waals surface area contributed by atoms with Crippen LogP contribution in [0, 0.1) is 5.92 Å². The zero-order valence-corrected chi connectivity index (χ0v) is 20.0. The number of aliphatic hydroxyl groups is 1. The lowest BCUT2D eigenvalue weighted by Crippen LogP contribution is -2.59. The third kappa shape index (κ3) is 5.85. The maximum Gasteiger partial charge on any atom is 0.223 e. The number of piperidine rings is 1. The van der Waals surface area contributed by atoms with Gasteiger partial charge in [-0.05, 0) is 67.8 Å². The average molecular weight is 477 g/mol. The van der Waals surface area contributed by atoms with Gasteiger partial charge in [-0.15, -0.1) is 12.4 Å². The van der Waals surface area contributed by atoms with Gasteiger partial charge in [0.25, 0.3) is 0 Å². The van der Waals surface area contributed by atoms with Gasteiger partial charge in [0.15, 0.2) is 0 Å². The first-order valence-corrected chi connectivity index (χ1v) is 12.0. The second-order valence-corrected chi connectivity index (χ2v) is 9.33. The van der Waals surface area contributed by atoms with Crippen molar-refractivity contribution in [1.82, 2.24) is 10.2 Å². The van der Waals surface area contributed by atoms with E-state index in [0.29, 0.717) is 18.4 Å². The molecule has 0 radical (unpaired) electrons. The van der Waals surface area contributed by atoms with E-state index >= 15 is 0 Å². The van der Waals surface area contributed by atoms with Crippen molar-refractivity contribution < 1.29 is 9.90 Å². The monoisotopic (exact) mass is 476 g/mol. The molecule has 0 aromatic heterocycles. The van der Waals surface area contributed by atoms with Crippen LogP contribution in [0.3, 0.4) is 0 Å². The Morgan fingerprint density at radius 2 is 1.81 bits per heavy atom. The van der Waals surface area contributed by atoms with Crippen LogP contribution >= 0.6 is 24.0 Å². The molecular weight excluding hydrogens is 443 g/mol. The smallest absolute Gasteiger partial charge is 0.223 e. The van der Waals surface area contributed by atoms with Crippen LogP contribution < -0.4 is 5.32 Å². The van der Waals surface area contributed by atoms with E-state index < -0.39 is 0 Å². The Balaban J connectivity index is 0.00000289. The topological polar surface area (TPSA) is 52.6 Å². The first-order chi connectivity index (χ1) is 15.2. The van der Waals surface area contributed by atoms with Gasteiger partial charge >= 0.3 is 0 Å². The van der Waals surface area contributed by atoms with E-state index in [1.54, 1.807) is 0 Å². The third-order valence-corrected chi connectivity index (χ3v) is 7.28. The van der Waals surface area contributed by atoms with E-state index in [1.807, 2.05) is 18.2 Å². The normalized spacial score (nSPS) is 25.2. The van der Waals surface area contributed by atoms with Gasteiger partial charge < -0.3 is 15.3 Å². The average Bonchev–Trinajstić information content (AvgIpc) is 2.79. The van der Waals surface area contributed by atoms with E-state index in [-0.39, 0.29) is 36.9 Å². The highest BCUT2D eigenvalue weighted by atomic mass is 35.5. The number of halogens is 2. The SMILES string of the molecule is Cl.O=C1C[C@H](c2ccc(Cl)cc2)[C@H]2[C@@H](NCCCO)CCC[C@H]2N1CCc1ccccc1. The van der Waals surface area contributed by atoms with Crippen molar-refractivity contribution in [2.24, 2.45) is 5.92 Å². The minimum absolute atomic E-state index is 0. The third-order valence-electron chi connectivity index (χ3n) is 7.03. The molecule has 32 heavy (non-hydrogen) atoms. The van der Waals surface area contributed by atoms with Gasteiger partial charge in [-0.25, -0.2) is 0 Å². The Labute approximate surface area is 202 Å². The number of benzene rings is 2. The number of fused-ring (bicyclic) bond motifs is 1. The molecule has 2 fully saturated rings. The predicted molar refractivity (Wildman–Crippen MR) is 133 cm³/mol. The zero-order valence-electron chi connectivity index (χ0n) is 18.5. The molecule has 6 heteroatoms. The number of carbonyl (C=O) groups is 1. The molecule has 0 bridgehead atoms. The van der Waals surface area contributed by atoms with Crippen LogP contribution in [-0.2, 0) is 11.2 Å². The lowest BCUT2D eigenvalue weighted by molar-refractivity contribution is -0.142. The highest BCUT2D eigenvalue weighted by Gasteiger charge is 2.47. The number of nitrogens with zero attached hydrogens (tertiary/aromatic N) is 1. The van der Waals surface area contributed by atoms with Crippen LogP contribution in [0.2, 0.25) is 5.02 Å². The van der Waals surface area contributed by atoms with Gasteiger partial charge in [0.2, 0.25) is 5.91 Å². The van der Waals surface area contributed by atoms with Gasteiger partial charge in [-0.2, -0.15) is 0 Å². The lowest BCUT2D eigenvalue weighted by Gasteiger charge is -2.51. The molecule has 4 rings (SSSR count). The van der Waals surface area contributed by atoms with Crippen molar-refractivity contribution in [2.45, 2.75) is 56.5 Å². The van der Waals surface area contributed by atoms with Crippen LogP contribution in [0.1, 0.15) is 49.1 Å². The van der Waals surface area contributed by atoms with Crippen LogP contribution in [0.25, 0.3) is 0 Å². The first-order valence-electron chi connectivity index (χ1n) is 11.6. The van der Waals surface area contributed by atoms with Gasteiger partial charge in [0, 0.05) is 42.6 Å². The summed E-state index contributed by atoms with van der Waals surface area (Å²) in [7, 11) is 0. The zero-order chi connectivity index (χ0) is 21.6. The van der Waals surface area contributed by atoms with E-state index in [0.717, 1.165) is 50.2 Å². The van der Waals surface area contributed by atoms with E-state index in [1.165, 1.54) is 11.1 Å². The van der Waals surface area contributed by atoms with Crippen molar-refractivity contribution >= 4 is 29.9 Å². The molecule has 1 heterocycles. The molecule has 4 atom stereocenters. The van der Waals surface area contributed by atoms with Crippen LogP contribution in [0.4, 0.5) is 0 Å². The van der Waals surface area contributed by atoms with E-state index in [9.17, 15) is 9.90 Å². The number of likely N-dealkylation sites (tertiary alicyclic amines) is 1. The molecule has 1 aliphatic carbocycles. The maximum absolute atomic E-state index is 13.3. The summed E-state index contributed by atoms with van der Waals surface area (Å²) in [6.07, 6.45) is 5.52. The van der Waals surface area contributed by atoms with Crippen LogP contribution in [0.5, 0.6) is 0 Å². The molecule has 2 aliphatic rings. The van der Waals surface area contributed by atoms with Gasteiger partial charge in [0.05, 0.1) is 0 Å². The van der Waals surface area contributed by atoms with Crippen molar-refractivity contribution in [3.05, 3.63) is 70.7 Å². The molecule has 1 amide bonds. The Hall–Kier alpha value is -1.59. The molecule has 1 saturated carbocycles. The van der Waals surface area contributed by atoms with Crippen LogP contribution in [0.15, 0.2) is 54.6 Å². The molecule has 2 N–H and O–H groups in total. The summed E-state index contributed by atoms with van der Waals surface area (Å²) in [5.41, 5.74) is 2.49. The first kappa shape index (κ1) is 25.0. The number of hydrogen-bond acceptors (Lipinski definition) is 3. The summed E-state index contributed by atoms with van der Waals surface area (Å²) in [6.45, 7) is 1.80. The molecule has 1 aliphatic heterocycles. The number of aliphatic hydroxyl groups excluding tert-OH is 1. The number of rotatable bonds is 8. The fourth-order valence-corrected chi connectivity index (χ4v) is 5.70. The quantitative estimate of drug-likeness (QED) is 0.536. The van der Waals surface area contributed by atoms with Gasteiger partial charge in [0.1, 0.15) is 0 Å². The number of amides is 1. The van der Waals surface area contributed by atoms with Crippen molar-refractivity contribution in [3.63, 3.8) is 0 Å². The molecule has 2 aromatic carbocycles. The Morgan fingerprint density at radius 3 is 2.53 bits per heavy atom. The molecule has 0 spiro atoms. The Bertz CT molecular complexity index is 847. The summed E-state index contributed by atoms with van der Waals surface area (Å²) in [5, 5.41) is 13.7. The summed E-state index contributed by atoms with van der Waals surface area (Å²) in [6, 6.07) is 19.1. The standard InChI is InChI=1S/C26H33ClN2O2.ClH/c27-21-12-10-20(11-13-21)22-18-25(31)29(16-14-19-6-2-1-3-7-19)24-9-4-8-23(26(22)24)28-15-5-17-30;/h1-3,6-7,10-13,22-24,26,28,30H,4-5,8-9,14-18H2;1H/t22-,23+,24-,26+;/m1./s1. The molecule has 2 aromatic rings. The number of carbonyl (C=O) groups excluding carboxylic acids is 1. The minimum atomic E-state index is 0. The van der Waals surface area contributed by atoms with Crippen molar-refractivity contribution in [1.29, 1.82) is 0 Å². The van der Waals surface area contributed by atoms with Gasteiger partial charge in [-0.1, -0.05) is 54.1 Å². The molecule has 0 unspecified atom stereocenters. The highest BCUT2D eigenvalue weighted by Crippen LogP contribution is 2.45. The molecular formula is C26H34Cl2N2O2. The van der Waals surface area contributed by atoms with Crippen LogP contribution in [-0.4, -0.2) is 47.7 Å². The van der Waals surface area contributed by atoms with Gasteiger partial charge in [-0.3, -0.25) is 4.79 Å². The summed E-state index contributed by atoms with van der Waals surface area (Å²) in [5.74, 6) is 0.852. The summed E-state index contributed by atoms with van der Waals surface area (Å²) >= 11 is 6.14. The number of nitrogens with one attached hydrogen (secondary N) is 1. The van der Waals surface area contributed by atoms with Crippen molar-refractivity contribution in [3.8, 4) is 0 Å². The maximum atomic E-state index is 13.3. The Kier molecular flexibility index (Phi) is 9.42. The lowest BCUT2D eigenvalue weighted by atomic mass is 9.66. The number of hydrogen-bond donors (Lipinski definition) is 2. The Morgan fingerprint density at radius 1 is 1.06 bits per heavy atom. The fourth-order valence-electron chi connectivity index (χ4n) is 5.58. The minimum Gasteiger partial charge on any atom is -0.396 e. The van der Waals surface area contributed by atoms with E-state index in [4.69, 9.17) is 11.6 Å². The highest BCUT2D eigenvalue weighted by molar-refractivity contribution is 6.30. The second kappa shape index (κ2) is 12.0. The summed E-state index contributed by atoms with van der Waals surface area (Å²) < 4.78 is 0. The fraction of sp³-hybridized carbons (Fsp3) is 0.500. The predicted octanol–water partition coefficient (Wildman–Crippen LogP) is 4.83. The largest absolute Gasteiger partial charge is 0.396 e. The molecule has 1 saturated heterocycles. The van der Waals surface area contributed by atoms with Crippen molar-refractivity contribution in [2.75, 3.05) is 19.7 Å². The second-order valence-electron chi connectivity index (χ2n) is 8.90. The molecule has 174 valence electrons.